The van der Waals surface area contributed by atoms with Crippen molar-refractivity contribution in [2.24, 2.45) is 14.1 Å². The highest BCUT2D eigenvalue weighted by molar-refractivity contribution is 5.82. The van der Waals surface area contributed by atoms with Crippen molar-refractivity contribution >= 4 is 12.1 Å². The number of anilines is 1. The van der Waals surface area contributed by atoms with Gasteiger partial charge in [0, 0.05) is 27.2 Å². The topological polar surface area (TPSA) is 64.3 Å². The molecule has 0 atom stereocenters. The Hall–Kier alpha value is -2.37. The van der Waals surface area contributed by atoms with Gasteiger partial charge in [-0.05, 0) is 0 Å². The lowest BCUT2D eigenvalue weighted by molar-refractivity contribution is 0.112. The number of rotatable bonds is 6. The molecule has 1 heterocycles. The molecule has 0 saturated carbocycles. The van der Waals surface area contributed by atoms with Gasteiger partial charge in [0.05, 0.1) is 0 Å². The predicted molar refractivity (Wildman–Crippen MR) is 74.9 cm³/mol. The number of aromatic nitrogens is 2. The van der Waals surface area contributed by atoms with E-state index in [4.69, 9.17) is 0 Å². The fourth-order valence-electron chi connectivity index (χ4n) is 1.90. The molecule has 0 amide bonds. The molecule has 0 unspecified atom stereocenters. The van der Waals surface area contributed by atoms with E-state index >= 15 is 0 Å². The summed E-state index contributed by atoms with van der Waals surface area (Å²) in [5, 5.41) is 0. The highest BCUT2D eigenvalue weighted by Gasteiger charge is 2.19. The Kier molecular flexibility index (Phi) is 4.63. The Morgan fingerprint density at radius 1 is 1.11 bits per heavy atom. The molecule has 1 aromatic heterocycles. The molecule has 6 heteroatoms. The Labute approximate surface area is 110 Å². The molecule has 0 radical (unpaired) electrons. The summed E-state index contributed by atoms with van der Waals surface area (Å²) in [5.74, 6) is 0.280. The van der Waals surface area contributed by atoms with Crippen molar-refractivity contribution in [2.75, 3.05) is 18.0 Å². The maximum atomic E-state index is 11.9. The average molecular weight is 263 g/mol. The SMILES string of the molecule is C=CCN(CC=C)c1c(C=O)c(=O)n(C)c(=O)n1C. The monoisotopic (exact) mass is 263 g/mol. The van der Waals surface area contributed by atoms with Gasteiger partial charge in [0.25, 0.3) is 5.56 Å². The van der Waals surface area contributed by atoms with E-state index in [2.05, 4.69) is 13.2 Å². The van der Waals surface area contributed by atoms with Crippen LogP contribution >= 0.6 is 0 Å². The van der Waals surface area contributed by atoms with Crippen LogP contribution in [0.2, 0.25) is 0 Å². The minimum atomic E-state index is -0.605. The number of carbonyl (C=O) groups excluding carboxylic acids is 1. The van der Waals surface area contributed by atoms with Gasteiger partial charge in [-0.2, -0.15) is 0 Å². The highest BCUT2D eigenvalue weighted by atomic mass is 16.2. The van der Waals surface area contributed by atoms with Crippen LogP contribution in [0.3, 0.4) is 0 Å². The van der Waals surface area contributed by atoms with Gasteiger partial charge in [-0.3, -0.25) is 18.7 Å². The van der Waals surface area contributed by atoms with Gasteiger partial charge in [-0.15, -0.1) is 13.2 Å². The van der Waals surface area contributed by atoms with Crippen molar-refractivity contribution in [2.45, 2.75) is 0 Å². The number of aldehydes is 1. The van der Waals surface area contributed by atoms with Gasteiger partial charge in [0.2, 0.25) is 0 Å². The van der Waals surface area contributed by atoms with E-state index in [1.54, 1.807) is 17.1 Å². The molecule has 0 aliphatic carbocycles. The minimum Gasteiger partial charge on any atom is -0.350 e. The Morgan fingerprint density at radius 3 is 2.05 bits per heavy atom. The van der Waals surface area contributed by atoms with E-state index in [0.717, 1.165) is 4.57 Å². The summed E-state index contributed by atoms with van der Waals surface area (Å²) >= 11 is 0. The largest absolute Gasteiger partial charge is 0.350 e. The molecule has 0 aliphatic rings. The lowest BCUT2D eigenvalue weighted by Crippen LogP contribution is -2.43. The molecule has 6 nitrogen and oxygen atoms in total. The Morgan fingerprint density at radius 2 is 1.63 bits per heavy atom. The third kappa shape index (κ3) is 2.57. The predicted octanol–water partition coefficient (Wildman–Crippen LogP) is 0.0749. The molecule has 0 aromatic carbocycles. The Bertz CT molecular complexity index is 615. The van der Waals surface area contributed by atoms with E-state index in [0.29, 0.717) is 19.4 Å². The van der Waals surface area contributed by atoms with Crippen LogP contribution in [-0.4, -0.2) is 28.5 Å². The van der Waals surface area contributed by atoms with Crippen molar-refractivity contribution in [3.8, 4) is 0 Å². The minimum absolute atomic E-state index is 0.0479. The molecule has 0 spiro atoms. The first kappa shape index (κ1) is 14.7. The second kappa shape index (κ2) is 5.99. The van der Waals surface area contributed by atoms with Gasteiger partial charge in [0.1, 0.15) is 11.4 Å². The first-order valence-corrected chi connectivity index (χ1v) is 5.71. The molecule has 1 aromatic rings. The Balaban J connectivity index is 3.69. The highest BCUT2D eigenvalue weighted by Crippen LogP contribution is 2.13. The van der Waals surface area contributed by atoms with Crippen molar-refractivity contribution in [1.82, 2.24) is 9.13 Å². The van der Waals surface area contributed by atoms with Crippen LogP contribution in [0.15, 0.2) is 34.9 Å². The van der Waals surface area contributed by atoms with Crippen LogP contribution in [0.4, 0.5) is 5.82 Å². The van der Waals surface area contributed by atoms with Gasteiger partial charge < -0.3 is 4.90 Å². The van der Waals surface area contributed by atoms with E-state index in [1.165, 1.54) is 18.7 Å². The quantitative estimate of drug-likeness (QED) is 0.538. The first-order chi connectivity index (χ1) is 8.99. The van der Waals surface area contributed by atoms with Crippen LogP contribution < -0.4 is 16.1 Å². The molecule has 0 N–H and O–H groups in total. The summed E-state index contributed by atoms with van der Waals surface area (Å²) in [7, 11) is 2.86. The van der Waals surface area contributed by atoms with Crippen molar-refractivity contribution in [3.05, 3.63) is 51.7 Å². The zero-order valence-corrected chi connectivity index (χ0v) is 11.1. The summed E-state index contributed by atoms with van der Waals surface area (Å²) in [4.78, 5) is 36.7. The maximum absolute atomic E-state index is 11.9. The fraction of sp³-hybridized carbons (Fsp3) is 0.308. The maximum Gasteiger partial charge on any atom is 0.332 e. The zero-order valence-electron chi connectivity index (χ0n) is 11.1. The summed E-state index contributed by atoms with van der Waals surface area (Å²) in [5.41, 5.74) is -1.14. The van der Waals surface area contributed by atoms with Gasteiger partial charge in [-0.1, -0.05) is 12.2 Å². The first-order valence-electron chi connectivity index (χ1n) is 5.71. The average Bonchev–Trinajstić information content (AvgIpc) is 2.40. The zero-order chi connectivity index (χ0) is 14.6. The lowest BCUT2D eigenvalue weighted by atomic mass is 10.2. The second-order valence-electron chi connectivity index (χ2n) is 4.04. The standard InChI is InChI=1S/C13H17N3O3/c1-5-7-16(8-6-2)11-10(9-17)12(18)15(4)13(19)14(11)3/h5-6,9H,1-2,7-8H2,3-4H3. The van der Waals surface area contributed by atoms with Gasteiger partial charge in [-0.25, -0.2) is 4.79 Å². The third-order valence-electron chi connectivity index (χ3n) is 2.78. The number of hydrogen-bond acceptors (Lipinski definition) is 4. The molecule has 0 bridgehead atoms. The summed E-state index contributed by atoms with van der Waals surface area (Å²) in [6.07, 6.45) is 3.72. The van der Waals surface area contributed by atoms with Crippen LogP contribution in [0.5, 0.6) is 0 Å². The number of hydrogen-bond donors (Lipinski definition) is 0. The molecule has 102 valence electrons. The van der Waals surface area contributed by atoms with Gasteiger partial charge in [0.15, 0.2) is 6.29 Å². The van der Waals surface area contributed by atoms with E-state index in [1.807, 2.05) is 0 Å². The lowest BCUT2D eigenvalue weighted by Gasteiger charge is -2.25. The summed E-state index contributed by atoms with van der Waals surface area (Å²) in [6, 6.07) is 0. The smallest absolute Gasteiger partial charge is 0.332 e. The molecule has 0 fully saturated rings. The second-order valence-corrected chi connectivity index (χ2v) is 4.04. The van der Waals surface area contributed by atoms with E-state index in [-0.39, 0.29) is 11.4 Å². The van der Waals surface area contributed by atoms with Crippen LogP contribution in [-0.2, 0) is 14.1 Å². The summed E-state index contributed by atoms with van der Waals surface area (Å²) < 4.78 is 2.19. The molecular formula is C13H17N3O3. The van der Waals surface area contributed by atoms with Crippen LogP contribution in [0.1, 0.15) is 10.4 Å². The fourth-order valence-corrected chi connectivity index (χ4v) is 1.90. The summed E-state index contributed by atoms with van der Waals surface area (Å²) in [6.45, 7) is 8.03. The van der Waals surface area contributed by atoms with Crippen molar-refractivity contribution in [1.29, 1.82) is 0 Å². The molecule has 19 heavy (non-hydrogen) atoms. The van der Waals surface area contributed by atoms with Crippen molar-refractivity contribution in [3.63, 3.8) is 0 Å². The van der Waals surface area contributed by atoms with Crippen LogP contribution in [0.25, 0.3) is 0 Å². The molecule has 0 aliphatic heterocycles. The van der Waals surface area contributed by atoms with E-state index < -0.39 is 11.2 Å². The molecular weight excluding hydrogens is 246 g/mol. The molecule has 1 rings (SSSR count). The number of nitrogens with zero attached hydrogens (tertiary/aromatic N) is 3. The van der Waals surface area contributed by atoms with Gasteiger partial charge >= 0.3 is 5.69 Å². The molecule has 0 saturated heterocycles. The van der Waals surface area contributed by atoms with E-state index in [9.17, 15) is 14.4 Å². The third-order valence-corrected chi connectivity index (χ3v) is 2.78. The van der Waals surface area contributed by atoms with Crippen LogP contribution in [0, 0.1) is 0 Å². The number of carbonyl (C=O) groups is 1. The normalized spacial score (nSPS) is 10.0. The van der Waals surface area contributed by atoms with Crippen molar-refractivity contribution < 1.29 is 4.79 Å².